The molecule has 22 heteroatoms. The van der Waals surface area contributed by atoms with Gasteiger partial charge in [-0.05, 0) is 96.7 Å². The van der Waals surface area contributed by atoms with E-state index in [0.29, 0.717) is 79.0 Å². The number of carbonyl (C=O) groups is 1. The van der Waals surface area contributed by atoms with Crippen LogP contribution in [0.3, 0.4) is 0 Å². The van der Waals surface area contributed by atoms with Crippen molar-refractivity contribution in [3.8, 4) is 34.6 Å². The smallest absolute Gasteiger partial charge is 0.326 e. The Morgan fingerprint density at radius 1 is 0.743 bits per heavy atom. The van der Waals surface area contributed by atoms with Gasteiger partial charge < -0.3 is 34.3 Å². The number of β-amino-alcohol motifs (C(OH)–C–C–N with tert-alkyl or cyclic N) is 1. The highest BCUT2D eigenvalue weighted by atomic mass is 35.5. The van der Waals surface area contributed by atoms with Crippen LogP contribution in [0.25, 0.3) is 11.1 Å². The number of aliphatic hydroxyl groups is 2. The van der Waals surface area contributed by atoms with E-state index in [1.165, 1.54) is 43.8 Å². The molecule has 0 spiro atoms. The number of ether oxygens (including phenoxy) is 4. The first-order chi connectivity index (χ1) is 35.3. The van der Waals surface area contributed by atoms with Crippen LogP contribution in [0.2, 0.25) is 10.0 Å². The van der Waals surface area contributed by atoms with Gasteiger partial charge in [0.05, 0.1) is 22.5 Å². The van der Waals surface area contributed by atoms with E-state index >= 15 is 0 Å². The van der Waals surface area contributed by atoms with Gasteiger partial charge in [0.15, 0.2) is 19.7 Å². The Morgan fingerprint density at radius 3 is 1.70 bits per heavy atom. The third kappa shape index (κ3) is 11.8. The molecule has 4 atom stereocenters. The fourth-order valence-corrected chi connectivity index (χ4v) is 11.0. The maximum Gasteiger partial charge on any atom is 0.326 e. The van der Waals surface area contributed by atoms with Crippen LogP contribution in [0, 0.1) is 0 Å². The monoisotopic (exact) mass is 1090 g/mol. The number of sulfone groups is 2. The summed E-state index contributed by atoms with van der Waals surface area (Å²) in [6.45, 7) is 1.95. The molecular formula is C52H54Cl2N6O12S2. The van der Waals surface area contributed by atoms with Crippen molar-refractivity contribution in [3.63, 3.8) is 0 Å². The molecule has 4 N–H and O–H groups in total. The number of aliphatic hydroxyl groups excluding tert-OH is 2. The number of hydrogen-bond acceptors (Lipinski definition) is 17. The van der Waals surface area contributed by atoms with E-state index in [-0.39, 0.29) is 58.1 Å². The van der Waals surface area contributed by atoms with Crippen molar-refractivity contribution in [1.82, 2.24) is 30.2 Å². The average molecular weight is 1090 g/mol. The standard InChI is InChI=1S/C52H54Cl2N6O12S2/c1-52(29-61,51(63)64)57-22-32-18-43(53)49(58-47(32)69-27-30-16-35(23-55-20-30)73(2,65)66)71-45-12-10-39-37(6-4-8-41(39)45)38-7-5-9-42-40(38)11-13-46(42)72-50-44(54)19-33(25-60-15-14-34(62)26-60)48(59-50)70-28-31-17-36(24-56-21-31)74(3,67)68/h4-9,16-21,23-24,34,45-46,57,61-62H,10-15,22,25-29H2,1-3H3,(H,63,64)/t34-,45+,46+,52?/m1/s1. The second kappa shape index (κ2) is 21.7. The second-order valence-electron chi connectivity index (χ2n) is 19.0. The molecule has 74 heavy (non-hydrogen) atoms. The molecule has 3 aliphatic rings. The number of nitrogens with zero attached hydrogens (tertiary/aromatic N) is 5. The molecule has 6 aromatic rings. The Bertz CT molecular complexity index is 3350. The van der Waals surface area contributed by atoms with Gasteiger partial charge in [-0.25, -0.2) is 16.8 Å². The molecule has 1 aliphatic heterocycles. The van der Waals surface area contributed by atoms with Crippen LogP contribution >= 0.6 is 23.2 Å². The third-order valence-corrected chi connectivity index (χ3v) is 16.1. The number of benzene rings is 2. The number of hydrogen-bond donors (Lipinski definition) is 4. The summed E-state index contributed by atoms with van der Waals surface area (Å²) in [5.74, 6) is -0.701. The lowest BCUT2D eigenvalue weighted by atomic mass is 9.91. The van der Waals surface area contributed by atoms with Crippen molar-refractivity contribution in [2.75, 3.05) is 32.2 Å². The molecule has 390 valence electrons. The van der Waals surface area contributed by atoms with E-state index < -0.39 is 56.1 Å². The Kier molecular flexibility index (Phi) is 15.5. The topological polar surface area (TPSA) is 250 Å². The van der Waals surface area contributed by atoms with E-state index in [4.69, 9.17) is 47.1 Å². The van der Waals surface area contributed by atoms with Crippen LogP contribution in [-0.2, 0) is 63.6 Å². The number of likely N-dealkylation sites (tertiary alicyclic amines) is 1. The SMILES string of the molecule is CC(CO)(NCc1cc(Cl)c(O[C@H]2CCc3c(-c4cccc5c4CC[C@@H]5Oc4nc(OCc5cncc(S(C)(=O)=O)c5)c(CN5CC[C@@H](O)C5)cc4Cl)cccc32)nc1OCc1cncc(S(C)(=O)=O)c1)C(=O)O. The number of aliphatic carboxylic acids is 1. The van der Waals surface area contributed by atoms with Gasteiger partial charge in [0, 0.05) is 85.7 Å². The van der Waals surface area contributed by atoms with E-state index in [2.05, 4.69) is 37.3 Å². The minimum atomic E-state index is -3.56. The number of carboxylic acid groups (broad SMARTS) is 1. The molecule has 1 unspecified atom stereocenters. The predicted octanol–water partition coefficient (Wildman–Crippen LogP) is 6.83. The summed E-state index contributed by atoms with van der Waals surface area (Å²) in [6, 6.07) is 18.5. The Morgan fingerprint density at radius 2 is 1.24 bits per heavy atom. The van der Waals surface area contributed by atoms with E-state index in [0.717, 1.165) is 45.9 Å². The lowest BCUT2D eigenvalue weighted by Gasteiger charge is -2.24. The molecule has 2 aliphatic carbocycles. The number of fused-ring (bicyclic) bond motifs is 2. The maximum atomic E-state index is 12.3. The van der Waals surface area contributed by atoms with Gasteiger partial charge in [-0.1, -0.05) is 59.6 Å². The first-order valence-corrected chi connectivity index (χ1v) is 28.3. The van der Waals surface area contributed by atoms with Crippen molar-refractivity contribution in [2.24, 2.45) is 0 Å². The van der Waals surface area contributed by atoms with Crippen LogP contribution in [0.5, 0.6) is 23.5 Å². The van der Waals surface area contributed by atoms with Crippen LogP contribution in [0.4, 0.5) is 0 Å². The van der Waals surface area contributed by atoms with Crippen molar-refractivity contribution >= 4 is 48.8 Å². The second-order valence-corrected chi connectivity index (χ2v) is 23.9. The molecule has 1 saturated heterocycles. The summed E-state index contributed by atoms with van der Waals surface area (Å²) in [5, 5.41) is 33.2. The summed E-state index contributed by atoms with van der Waals surface area (Å²) >= 11 is 13.8. The maximum absolute atomic E-state index is 12.3. The quantitative estimate of drug-likeness (QED) is 0.0611. The summed E-state index contributed by atoms with van der Waals surface area (Å²) in [7, 11) is -7.06. The van der Waals surface area contributed by atoms with Gasteiger partial charge in [-0.2, -0.15) is 9.97 Å². The number of pyridine rings is 4. The number of nitrogens with one attached hydrogen (secondary N) is 1. The van der Waals surface area contributed by atoms with Crippen molar-refractivity contribution in [1.29, 1.82) is 0 Å². The lowest BCUT2D eigenvalue weighted by Crippen LogP contribution is -2.52. The van der Waals surface area contributed by atoms with Gasteiger partial charge >= 0.3 is 5.97 Å². The summed E-state index contributed by atoms with van der Waals surface area (Å²) in [4.78, 5) is 31.8. The third-order valence-electron chi connectivity index (χ3n) is 13.4. The predicted molar refractivity (Wildman–Crippen MR) is 273 cm³/mol. The molecule has 9 rings (SSSR count). The highest BCUT2D eigenvalue weighted by Gasteiger charge is 2.35. The Hall–Kier alpha value is -5.97. The molecule has 0 bridgehead atoms. The molecule has 18 nitrogen and oxygen atoms in total. The van der Waals surface area contributed by atoms with Crippen molar-refractivity contribution in [2.45, 2.75) is 99.0 Å². The Labute approximate surface area is 438 Å². The minimum Gasteiger partial charge on any atom is -0.480 e. The van der Waals surface area contributed by atoms with Gasteiger partial charge in [-0.15, -0.1) is 0 Å². The van der Waals surface area contributed by atoms with Gasteiger partial charge in [-0.3, -0.25) is 25.0 Å². The summed E-state index contributed by atoms with van der Waals surface area (Å²) in [6.07, 6.45) is 9.72. The zero-order valence-corrected chi connectivity index (χ0v) is 43.8. The first kappa shape index (κ1) is 52.9. The fraction of sp³-hybridized carbons (Fsp3) is 0.365. The zero-order valence-electron chi connectivity index (χ0n) is 40.6. The van der Waals surface area contributed by atoms with Gasteiger partial charge in [0.2, 0.25) is 23.5 Å². The molecule has 4 aromatic heterocycles. The largest absolute Gasteiger partial charge is 0.480 e. The number of halogens is 2. The van der Waals surface area contributed by atoms with Crippen molar-refractivity contribution in [3.05, 3.63) is 140 Å². The fourth-order valence-electron chi connectivity index (χ4n) is 9.37. The summed E-state index contributed by atoms with van der Waals surface area (Å²) in [5.41, 5.74) is 6.59. The molecule has 1 fully saturated rings. The zero-order chi connectivity index (χ0) is 52.5. The van der Waals surface area contributed by atoms with E-state index in [1.807, 2.05) is 24.3 Å². The average Bonchev–Trinajstić information content (AvgIpc) is 4.11. The number of rotatable bonds is 20. The molecule has 0 amide bonds. The highest BCUT2D eigenvalue weighted by molar-refractivity contribution is 7.91. The lowest BCUT2D eigenvalue weighted by molar-refractivity contribution is -0.145. The summed E-state index contributed by atoms with van der Waals surface area (Å²) < 4.78 is 74.7. The van der Waals surface area contributed by atoms with E-state index in [1.54, 1.807) is 12.1 Å². The number of aromatic nitrogens is 4. The van der Waals surface area contributed by atoms with Gasteiger partial charge in [0.25, 0.3) is 0 Å². The number of carboxylic acids is 1. The highest BCUT2D eigenvalue weighted by Crippen LogP contribution is 2.46. The van der Waals surface area contributed by atoms with Crippen LogP contribution in [0.1, 0.15) is 82.9 Å². The molecule has 0 radical (unpaired) electrons. The minimum absolute atomic E-state index is 0.00989. The van der Waals surface area contributed by atoms with Crippen LogP contribution in [-0.4, -0.2) is 107 Å². The Balaban J connectivity index is 0.960. The first-order valence-electron chi connectivity index (χ1n) is 23.8. The van der Waals surface area contributed by atoms with E-state index in [9.17, 15) is 36.9 Å². The van der Waals surface area contributed by atoms with Crippen LogP contribution < -0.4 is 24.3 Å². The van der Waals surface area contributed by atoms with Gasteiger partial charge in [0.1, 0.15) is 41.0 Å². The molecule has 2 aromatic carbocycles. The molecule has 0 saturated carbocycles. The van der Waals surface area contributed by atoms with Crippen molar-refractivity contribution < 1.29 is 55.9 Å². The molecule has 5 heterocycles. The van der Waals surface area contributed by atoms with Crippen LogP contribution in [0.15, 0.2) is 95.2 Å². The normalized spacial score (nSPS) is 18.4. The molecular weight excluding hydrogens is 1040 g/mol.